The third-order valence-electron chi connectivity index (χ3n) is 12.2. The number of rotatable bonds is 12. The van der Waals surface area contributed by atoms with E-state index in [1.165, 1.54) is 53.5 Å². The molecule has 10 bridgehead atoms. The molecular formula is C51H51N13O10S6. The maximum Gasteiger partial charge on any atom is 0.271 e. The summed E-state index contributed by atoms with van der Waals surface area (Å²) in [4.78, 5) is 117. The van der Waals surface area contributed by atoms with E-state index in [1.807, 2.05) is 13.8 Å². The van der Waals surface area contributed by atoms with Crippen molar-refractivity contribution < 1.29 is 48.8 Å². The minimum atomic E-state index is -1.28. The highest BCUT2D eigenvalue weighted by atomic mass is 32.1. The van der Waals surface area contributed by atoms with Crippen LogP contribution < -0.4 is 31.9 Å². The second-order valence-electron chi connectivity index (χ2n) is 18.2. The standard InChI is InChI=1S/C51H51N13O10S6/c1-22(2)36-51-64-39(33(80-51)17-74-5)44(72)54-15-35(68)61-40(41(69)24-9-7-6-8-10-24)50-60-32(21-78-50)48-57-29(18-76-48)38-26(11-12-27(55-38)47-59-30(19-77-47)42(70)53-14-25(66)16-65)46-58-31(20-75-46)43(71)56-28(13-34(67)52-4)49-63-37(23(3)79-49)45(73)62-36/h6-12,18-22,25,28,36,40-41,65-66,69H,13-17H2,1-5H3,(H,52,67)(H,53,70)(H,54,72)(H,56,71)(H,61,68)(H,62,73)/t25?,28-,36-,40?,41?/m0/s1. The van der Waals surface area contributed by atoms with Crippen molar-refractivity contribution in [2.45, 2.75) is 64.1 Å². The van der Waals surface area contributed by atoms with Crippen LogP contribution in [0.2, 0.25) is 0 Å². The lowest BCUT2D eigenvalue weighted by Gasteiger charge is -2.23. The lowest BCUT2D eigenvalue weighted by atomic mass is 10.0. The van der Waals surface area contributed by atoms with Crippen LogP contribution in [0, 0.1) is 12.8 Å². The van der Waals surface area contributed by atoms with Gasteiger partial charge in [0.1, 0.15) is 82.0 Å². The van der Waals surface area contributed by atoms with Gasteiger partial charge in [-0.05, 0) is 30.5 Å². The van der Waals surface area contributed by atoms with Crippen molar-refractivity contribution in [2.24, 2.45) is 5.92 Å². The van der Waals surface area contributed by atoms with Crippen LogP contribution in [-0.2, 0) is 20.9 Å². The number of hydrogen-bond donors (Lipinski definition) is 9. The Balaban J connectivity index is 1.13. The van der Waals surface area contributed by atoms with Gasteiger partial charge in [0.25, 0.3) is 23.6 Å². The maximum atomic E-state index is 14.2. The Labute approximate surface area is 480 Å². The van der Waals surface area contributed by atoms with Crippen LogP contribution in [-0.4, -0.2) is 126 Å². The quantitative estimate of drug-likeness (QED) is 0.0740. The number of aliphatic hydroxyl groups is 3. The molecule has 0 saturated heterocycles. The zero-order chi connectivity index (χ0) is 56.8. The Hall–Kier alpha value is -7.19. The number of fused-ring (bicyclic) bond motifs is 14. The normalized spacial score (nSPS) is 16.9. The predicted octanol–water partition coefficient (Wildman–Crippen LogP) is 5.40. The van der Waals surface area contributed by atoms with Gasteiger partial charge in [0.2, 0.25) is 11.8 Å². The molecule has 29 heteroatoms. The molecular weight excluding hydrogens is 1150 g/mol. The molecule has 23 nitrogen and oxygen atoms in total. The lowest BCUT2D eigenvalue weighted by molar-refractivity contribution is -0.122. The molecule has 9 N–H and O–H groups in total. The van der Waals surface area contributed by atoms with Gasteiger partial charge < -0.3 is 52.0 Å². The molecule has 6 amide bonds. The monoisotopic (exact) mass is 1200 g/mol. The number of nitrogens with one attached hydrogen (secondary N) is 6. The fourth-order valence-electron chi connectivity index (χ4n) is 8.05. The highest BCUT2D eigenvalue weighted by Crippen LogP contribution is 2.40. The summed E-state index contributed by atoms with van der Waals surface area (Å²) in [5.41, 5.74) is 2.58. The van der Waals surface area contributed by atoms with Crippen molar-refractivity contribution in [3.8, 4) is 43.4 Å². The van der Waals surface area contributed by atoms with Gasteiger partial charge in [-0.3, -0.25) is 28.8 Å². The number of aliphatic hydroxyl groups excluding tert-OH is 3. The predicted molar refractivity (Wildman–Crippen MR) is 302 cm³/mol. The number of hydrogen-bond acceptors (Lipinski definition) is 23. The molecule has 0 aliphatic carbocycles. The largest absolute Gasteiger partial charge is 0.394 e. The lowest BCUT2D eigenvalue weighted by Crippen LogP contribution is -2.40. The Morgan fingerprint density at radius 3 is 2.17 bits per heavy atom. The molecule has 3 unspecified atom stereocenters. The highest BCUT2D eigenvalue weighted by molar-refractivity contribution is 7.15. The minimum Gasteiger partial charge on any atom is -0.394 e. The molecule has 9 rings (SSSR count). The smallest absolute Gasteiger partial charge is 0.271 e. The van der Waals surface area contributed by atoms with Gasteiger partial charge >= 0.3 is 0 Å². The van der Waals surface area contributed by atoms with E-state index in [4.69, 9.17) is 24.7 Å². The summed E-state index contributed by atoms with van der Waals surface area (Å²) in [5.74, 6) is -3.74. The average molecular weight is 1200 g/mol. The second kappa shape index (κ2) is 25.5. The molecule has 1 aliphatic rings. The molecule has 0 radical (unpaired) electrons. The van der Waals surface area contributed by atoms with E-state index in [0.29, 0.717) is 68.7 Å². The van der Waals surface area contributed by atoms with Crippen LogP contribution in [0.4, 0.5) is 0 Å². The third kappa shape index (κ3) is 13.0. The number of carbonyl (C=O) groups is 6. The van der Waals surface area contributed by atoms with E-state index in [9.17, 15) is 44.1 Å². The van der Waals surface area contributed by atoms with Crippen molar-refractivity contribution in [1.29, 1.82) is 0 Å². The molecule has 0 saturated carbocycles. The first-order valence-corrected chi connectivity index (χ1v) is 29.7. The first kappa shape index (κ1) is 57.5. The van der Waals surface area contributed by atoms with E-state index in [-0.39, 0.29) is 53.3 Å². The van der Waals surface area contributed by atoms with E-state index in [1.54, 1.807) is 65.5 Å². The topological polar surface area (TPSA) is 335 Å². The fraction of sp³-hybridized carbons (Fsp3) is 0.314. The fourth-order valence-corrected chi connectivity index (χ4v) is 13.6. The minimum absolute atomic E-state index is 0.00103. The number of nitrogens with zero attached hydrogens (tertiary/aromatic N) is 7. The van der Waals surface area contributed by atoms with Crippen LogP contribution >= 0.6 is 68.0 Å². The number of amides is 6. The maximum absolute atomic E-state index is 14.2. The van der Waals surface area contributed by atoms with Gasteiger partial charge in [-0.25, -0.2) is 34.9 Å². The van der Waals surface area contributed by atoms with Gasteiger partial charge in [-0.1, -0.05) is 44.2 Å². The molecule has 1 aliphatic heterocycles. The Bertz CT molecular complexity index is 3570. The zero-order valence-electron chi connectivity index (χ0n) is 43.1. The van der Waals surface area contributed by atoms with Crippen LogP contribution in [0.25, 0.3) is 43.4 Å². The number of carbonyl (C=O) groups excluding carboxylic acids is 6. The average Bonchev–Trinajstić information content (AvgIpc) is 4.34. The molecule has 8 aromatic rings. The molecule has 1 aromatic carbocycles. The van der Waals surface area contributed by atoms with Crippen LogP contribution in [0.3, 0.4) is 0 Å². The number of benzene rings is 1. The zero-order valence-corrected chi connectivity index (χ0v) is 48.0. The summed E-state index contributed by atoms with van der Waals surface area (Å²) in [6.45, 7) is 4.21. The van der Waals surface area contributed by atoms with Crippen LogP contribution in [0.15, 0.2) is 64.0 Å². The van der Waals surface area contributed by atoms with Gasteiger partial charge in [-0.15, -0.1) is 68.0 Å². The van der Waals surface area contributed by atoms with Gasteiger partial charge in [-0.2, -0.15) is 0 Å². The van der Waals surface area contributed by atoms with Crippen molar-refractivity contribution in [3.63, 3.8) is 0 Å². The second-order valence-corrected chi connectivity index (χ2v) is 24.0. The molecule has 416 valence electrons. The van der Waals surface area contributed by atoms with Crippen molar-refractivity contribution in [3.05, 3.63) is 117 Å². The molecule has 7 aromatic heterocycles. The Morgan fingerprint density at radius 2 is 1.43 bits per heavy atom. The SMILES string of the molecule is CNC(=O)C[C@@H]1NC(=O)c2csc(n2)-c2ccc(-c3nc(C(=O)NCC(O)CO)cs3)nc2-c2csc(n2)-c2csc(n2)C(C(O)c2ccccc2)NC(=O)CNC(=O)c2nc(sc2COC)[C@H](C(C)C)NC(=O)c2nc1sc2C. The van der Waals surface area contributed by atoms with Crippen LogP contribution in [0.1, 0.15) is 117 Å². The Kier molecular flexibility index (Phi) is 18.3. The third-order valence-corrected chi connectivity index (χ3v) is 17.9. The van der Waals surface area contributed by atoms with E-state index in [2.05, 4.69) is 46.9 Å². The van der Waals surface area contributed by atoms with E-state index < -0.39 is 78.9 Å². The summed E-state index contributed by atoms with van der Waals surface area (Å²) in [5, 5.41) is 56.3. The number of pyridine rings is 1. The molecule has 8 heterocycles. The number of aromatic nitrogens is 7. The van der Waals surface area contributed by atoms with Crippen LogP contribution in [0.5, 0.6) is 0 Å². The van der Waals surface area contributed by atoms with Crippen molar-refractivity contribution in [2.75, 3.05) is 33.9 Å². The number of thiazole rings is 6. The summed E-state index contributed by atoms with van der Waals surface area (Å²) in [6.07, 6.45) is -2.66. The molecule has 5 atom stereocenters. The van der Waals surface area contributed by atoms with Crippen molar-refractivity contribution >= 4 is 103 Å². The molecule has 0 fully saturated rings. The summed E-state index contributed by atoms with van der Waals surface area (Å²) >= 11 is 7.03. The highest BCUT2D eigenvalue weighted by Gasteiger charge is 2.33. The molecule has 80 heavy (non-hydrogen) atoms. The summed E-state index contributed by atoms with van der Waals surface area (Å²) in [6, 6.07) is 9.35. The first-order chi connectivity index (χ1) is 38.5. The van der Waals surface area contributed by atoms with Gasteiger partial charge in [0.05, 0.1) is 54.9 Å². The first-order valence-electron chi connectivity index (χ1n) is 24.5. The number of methoxy groups -OCH3 is 1. The van der Waals surface area contributed by atoms with Gasteiger partial charge in [0.15, 0.2) is 0 Å². The Morgan fingerprint density at radius 1 is 0.713 bits per heavy atom. The summed E-state index contributed by atoms with van der Waals surface area (Å²) < 4.78 is 5.44. The summed E-state index contributed by atoms with van der Waals surface area (Å²) in [7, 11) is 2.93. The van der Waals surface area contributed by atoms with E-state index >= 15 is 0 Å². The van der Waals surface area contributed by atoms with E-state index in [0.717, 1.165) is 34.0 Å². The number of aryl methyl sites for hydroxylation is 1. The number of ether oxygens (including phenoxy) is 1. The molecule has 0 spiro atoms. The van der Waals surface area contributed by atoms with Gasteiger partial charge in [0, 0.05) is 52.7 Å². The van der Waals surface area contributed by atoms with Crippen molar-refractivity contribution in [1.82, 2.24) is 66.8 Å².